The fourth-order valence-electron chi connectivity index (χ4n) is 2.86. The highest BCUT2D eigenvalue weighted by atomic mass is 16.5. The molecule has 2 aliphatic rings. The van der Waals surface area contributed by atoms with Crippen molar-refractivity contribution in [3.8, 4) is 0 Å². The predicted octanol–water partition coefficient (Wildman–Crippen LogP) is 0.105. The van der Waals surface area contributed by atoms with Gasteiger partial charge in [-0.15, -0.1) is 0 Å². The fraction of sp³-hybridized carbons (Fsp3) is 0.750. The van der Waals surface area contributed by atoms with Crippen LogP contribution in [0.4, 0.5) is 0 Å². The Morgan fingerprint density at radius 3 is 1.85 bits per heavy atom. The quantitative estimate of drug-likeness (QED) is 0.538. The molecular formula is C12H16N2O6. The Labute approximate surface area is 115 Å². The molecule has 3 atom stereocenters. The third kappa shape index (κ3) is 1.78. The zero-order valence-electron chi connectivity index (χ0n) is 11.7. The maximum absolute atomic E-state index is 11.8. The highest BCUT2D eigenvalue weighted by Gasteiger charge is 2.78. The van der Waals surface area contributed by atoms with E-state index in [1.54, 1.807) is 6.92 Å². The molecule has 0 radical (unpaired) electrons. The van der Waals surface area contributed by atoms with Crippen LogP contribution in [-0.2, 0) is 28.6 Å². The lowest BCUT2D eigenvalue weighted by Gasteiger charge is -2.16. The van der Waals surface area contributed by atoms with Crippen LogP contribution in [0.2, 0.25) is 0 Å². The molecule has 0 aromatic carbocycles. The Balaban J connectivity index is 2.28. The largest absolute Gasteiger partial charge is 0.469 e. The van der Waals surface area contributed by atoms with E-state index in [2.05, 4.69) is 24.4 Å². The van der Waals surface area contributed by atoms with Gasteiger partial charge in [0.25, 0.3) is 0 Å². The smallest absolute Gasteiger partial charge is 0.335 e. The van der Waals surface area contributed by atoms with Crippen LogP contribution in [0.5, 0.6) is 0 Å². The molecule has 0 bridgehead atoms. The molecule has 0 saturated heterocycles. The first-order valence-electron chi connectivity index (χ1n) is 6.04. The topological polar surface area (TPSA) is 104 Å². The van der Waals surface area contributed by atoms with Gasteiger partial charge in [0, 0.05) is 6.42 Å². The van der Waals surface area contributed by atoms with Crippen LogP contribution in [-0.4, -0.2) is 50.3 Å². The van der Waals surface area contributed by atoms with Crippen molar-refractivity contribution < 1.29 is 28.6 Å². The second kappa shape index (κ2) is 4.53. The van der Waals surface area contributed by atoms with Gasteiger partial charge in [-0.1, -0.05) is 0 Å². The zero-order chi connectivity index (χ0) is 15.1. The SMILES string of the molecule is COC(=O)C1C(C(=O)OC)C12CC(C)(C(=O)OC)N=N2. The first kappa shape index (κ1) is 14.4. The first-order valence-corrected chi connectivity index (χ1v) is 6.04. The number of esters is 3. The molecule has 0 N–H and O–H groups in total. The van der Waals surface area contributed by atoms with E-state index in [1.807, 2.05) is 0 Å². The zero-order valence-corrected chi connectivity index (χ0v) is 11.7. The molecule has 1 heterocycles. The Kier molecular flexibility index (Phi) is 3.27. The lowest BCUT2D eigenvalue weighted by molar-refractivity contribution is -0.148. The van der Waals surface area contributed by atoms with E-state index < -0.39 is 40.8 Å². The van der Waals surface area contributed by atoms with E-state index in [0.717, 1.165) is 0 Å². The molecule has 3 unspecified atom stereocenters. The highest BCUT2D eigenvalue weighted by Crippen LogP contribution is 2.62. The summed E-state index contributed by atoms with van der Waals surface area (Å²) in [5.41, 5.74) is -2.24. The van der Waals surface area contributed by atoms with Crippen molar-refractivity contribution in [3.05, 3.63) is 0 Å². The lowest BCUT2D eigenvalue weighted by atomic mass is 9.92. The Hall–Kier alpha value is -1.99. The summed E-state index contributed by atoms with van der Waals surface area (Å²) >= 11 is 0. The van der Waals surface area contributed by atoms with Crippen LogP contribution in [0.25, 0.3) is 0 Å². The molecule has 8 heteroatoms. The number of ether oxygens (including phenoxy) is 3. The van der Waals surface area contributed by atoms with Crippen molar-refractivity contribution in [2.45, 2.75) is 24.4 Å². The first-order chi connectivity index (χ1) is 9.36. The number of azo groups is 1. The van der Waals surface area contributed by atoms with Gasteiger partial charge in [0.15, 0.2) is 5.54 Å². The average molecular weight is 284 g/mol. The third-order valence-corrected chi connectivity index (χ3v) is 3.92. The van der Waals surface area contributed by atoms with Gasteiger partial charge >= 0.3 is 17.9 Å². The van der Waals surface area contributed by atoms with Crippen molar-refractivity contribution in [1.82, 2.24) is 0 Å². The molecule has 0 aromatic rings. The summed E-state index contributed by atoms with van der Waals surface area (Å²) in [6, 6.07) is 0. The molecule has 1 aliphatic carbocycles. The molecule has 2 rings (SSSR count). The van der Waals surface area contributed by atoms with E-state index >= 15 is 0 Å². The van der Waals surface area contributed by atoms with E-state index in [9.17, 15) is 14.4 Å². The van der Waals surface area contributed by atoms with Crippen molar-refractivity contribution in [3.63, 3.8) is 0 Å². The molecule has 0 aromatic heterocycles. The van der Waals surface area contributed by atoms with E-state index in [4.69, 9.17) is 0 Å². The van der Waals surface area contributed by atoms with Gasteiger partial charge in [0.05, 0.1) is 21.3 Å². The van der Waals surface area contributed by atoms with Crippen molar-refractivity contribution in [1.29, 1.82) is 0 Å². The van der Waals surface area contributed by atoms with Crippen LogP contribution in [0, 0.1) is 11.8 Å². The van der Waals surface area contributed by atoms with E-state index in [1.165, 1.54) is 21.3 Å². The summed E-state index contributed by atoms with van der Waals surface area (Å²) in [6.07, 6.45) is 0.117. The normalized spacial score (nSPS) is 37.6. The summed E-state index contributed by atoms with van der Waals surface area (Å²) in [5, 5.41) is 7.95. The Morgan fingerprint density at radius 2 is 1.45 bits per heavy atom. The number of hydrogen-bond acceptors (Lipinski definition) is 8. The summed E-state index contributed by atoms with van der Waals surface area (Å²) in [6.45, 7) is 1.55. The number of carbonyl (C=O) groups is 3. The molecule has 1 spiro atoms. The van der Waals surface area contributed by atoms with E-state index in [0.29, 0.717) is 0 Å². The standard InChI is InChI=1S/C12H16N2O6/c1-11(10(17)20-4)5-12(14-13-11)6(8(15)18-2)7(12)9(16)19-3/h6-7H,5H2,1-4H3. The van der Waals surface area contributed by atoms with Gasteiger partial charge in [0.1, 0.15) is 17.4 Å². The van der Waals surface area contributed by atoms with Gasteiger partial charge in [-0.25, -0.2) is 4.79 Å². The third-order valence-electron chi connectivity index (χ3n) is 3.92. The molecule has 20 heavy (non-hydrogen) atoms. The number of carbonyl (C=O) groups excluding carboxylic acids is 3. The molecule has 1 fully saturated rings. The minimum absolute atomic E-state index is 0.117. The minimum atomic E-state index is -1.19. The van der Waals surface area contributed by atoms with E-state index in [-0.39, 0.29) is 6.42 Å². The second-order valence-corrected chi connectivity index (χ2v) is 5.14. The maximum Gasteiger partial charge on any atom is 0.335 e. The van der Waals surface area contributed by atoms with Crippen LogP contribution in [0.1, 0.15) is 13.3 Å². The van der Waals surface area contributed by atoms with Gasteiger partial charge in [-0.05, 0) is 6.92 Å². The molecular weight excluding hydrogens is 268 g/mol. The Bertz CT molecular complexity index is 480. The monoisotopic (exact) mass is 284 g/mol. The summed E-state index contributed by atoms with van der Waals surface area (Å²) in [4.78, 5) is 35.3. The molecule has 8 nitrogen and oxygen atoms in total. The van der Waals surface area contributed by atoms with Crippen molar-refractivity contribution >= 4 is 17.9 Å². The predicted molar refractivity (Wildman–Crippen MR) is 63.6 cm³/mol. The number of rotatable bonds is 3. The van der Waals surface area contributed by atoms with Crippen LogP contribution in [0.15, 0.2) is 10.2 Å². The average Bonchev–Trinajstić information content (AvgIpc) is 2.95. The number of nitrogens with zero attached hydrogens (tertiary/aromatic N) is 2. The summed E-state index contributed by atoms with van der Waals surface area (Å²) in [5.74, 6) is -3.22. The Morgan fingerprint density at radius 1 is 0.950 bits per heavy atom. The number of hydrogen-bond donors (Lipinski definition) is 0. The van der Waals surface area contributed by atoms with Crippen molar-refractivity contribution in [2.75, 3.05) is 21.3 Å². The number of methoxy groups -OCH3 is 3. The van der Waals surface area contributed by atoms with Gasteiger partial charge in [-0.2, -0.15) is 10.2 Å². The van der Waals surface area contributed by atoms with Gasteiger partial charge in [-0.3, -0.25) is 9.59 Å². The fourth-order valence-corrected chi connectivity index (χ4v) is 2.86. The maximum atomic E-state index is 11.8. The van der Waals surface area contributed by atoms with Crippen LogP contribution in [0.3, 0.4) is 0 Å². The van der Waals surface area contributed by atoms with Crippen LogP contribution >= 0.6 is 0 Å². The summed E-state index contributed by atoms with van der Waals surface area (Å²) in [7, 11) is 3.71. The molecule has 1 aliphatic heterocycles. The summed E-state index contributed by atoms with van der Waals surface area (Å²) < 4.78 is 14.0. The van der Waals surface area contributed by atoms with Gasteiger partial charge in [0.2, 0.25) is 0 Å². The van der Waals surface area contributed by atoms with Crippen LogP contribution < -0.4 is 0 Å². The molecule has 0 amide bonds. The molecule has 1 saturated carbocycles. The second-order valence-electron chi connectivity index (χ2n) is 5.14. The lowest BCUT2D eigenvalue weighted by Crippen LogP contribution is -2.35. The molecule has 110 valence electrons. The highest BCUT2D eigenvalue weighted by molar-refractivity contribution is 5.93. The van der Waals surface area contributed by atoms with Gasteiger partial charge < -0.3 is 14.2 Å². The van der Waals surface area contributed by atoms with Crippen molar-refractivity contribution in [2.24, 2.45) is 22.1 Å². The minimum Gasteiger partial charge on any atom is -0.469 e.